The van der Waals surface area contributed by atoms with E-state index in [1.807, 2.05) is 0 Å². The second-order valence-corrected chi connectivity index (χ2v) is 5.57. The molecule has 0 aromatic carbocycles. The second-order valence-electron chi connectivity index (χ2n) is 5.57. The normalized spacial score (nSPS) is 27.5. The monoisotopic (exact) mass is 208 g/mol. The van der Waals surface area contributed by atoms with Crippen molar-refractivity contribution in [3.05, 3.63) is 0 Å². The Kier molecular flexibility index (Phi) is 2.23. The maximum Gasteiger partial charge on any atom is 0.233 e. The minimum atomic E-state index is 0.189. The molecule has 0 unspecified atom stereocenters. The zero-order valence-corrected chi connectivity index (χ0v) is 9.22. The van der Waals surface area contributed by atoms with Crippen LogP contribution in [-0.4, -0.2) is 25.0 Å². The predicted octanol–water partition coefficient (Wildman–Crippen LogP) is 1.04. The summed E-state index contributed by atoms with van der Waals surface area (Å²) >= 11 is 0. The smallest absolute Gasteiger partial charge is 0.233 e. The first-order valence-electron chi connectivity index (χ1n) is 6.29. The molecule has 3 rings (SSSR count). The highest BCUT2D eigenvalue weighted by molar-refractivity contribution is 5.78. The van der Waals surface area contributed by atoms with Gasteiger partial charge in [0, 0.05) is 12.6 Å². The number of rotatable bonds is 6. The van der Waals surface area contributed by atoms with Crippen molar-refractivity contribution in [2.24, 2.45) is 11.3 Å². The van der Waals surface area contributed by atoms with Crippen LogP contribution in [0.25, 0.3) is 0 Å². The molecule has 3 fully saturated rings. The van der Waals surface area contributed by atoms with Gasteiger partial charge in [0.25, 0.3) is 0 Å². The number of hydrogen-bond donors (Lipinski definition) is 2. The summed E-state index contributed by atoms with van der Waals surface area (Å²) in [6.45, 7) is 1.45. The first-order valence-corrected chi connectivity index (χ1v) is 6.29. The van der Waals surface area contributed by atoms with Gasteiger partial charge >= 0.3 is 0 Å². The van der Waals surface area contributed by atoms with E-state index in [-0.39, 0.29) is 5.91 Å². The Morgan fingerprint density at radius 2 is 1.93 bits per heavy atom. The van der Waals surface area contributed by atoms with Crippen molar-refractivity contribution in [3.63, 3.8) is 0 Å². The van der Waals surface area contributed by atoms with Gasteiger partial charge in [-0.3, -0.25) is 4.79 Å². The summed E-state index contributed by atoms with van der Waals surface area (Å²) in [5, 5.41) is 6.33. The van der Waals surface area contributed by atoms with Crippen LogP contribution in [0, 0.1) is 11.3 Å². The standard InChI is InChI=1S/C12H20N2O/c15-11(7-13-10-3-4-10)14-8-12(5-6-12)9-1-2-9/h9-10,13H,1-8H2,(H,14,15). The molecule has 0 saturated heterocycles. The maximum absolute atomic E-state index is 11.5. The lowest BCUT2D eigenvalue weighted by Crippen LogP contribution is -2.38. The topological polar surface area (TPSA) is 41.1 Å². The fraction of sp³-hybridized carbons (Fsp3) is 0.917. The van der Waals surface area contributed by atoms with Crippen LogP contribution in [0.3, 0.4) is 0 Å². The molecule has 0 aliphatic heterocycles. The molecule has 3 saturated carbocycles. The van der Waals surface area contributed by atoms with Gasteiger partial charge in [-0.25, -0.2) is 0 Å². The lowest BCUT2D eigenvalue weighted by atomic mass is 10.0. The summed E-state index contributed by atoms with van der Waals surface area (Å²) < 4.78 is 0. The molecule has 0 radical (unpaired) electrons. The Morgan fingerprint density at radius 3 is 2.47 bits per heavy atom. The SMILES string of the molecule is O=C(CNC1CC1)NCC1(C2CC2)CC1. The molecule has 0 aromatic heterocycles. The molecular formula is C12H20N2O. The van der Waals surface area contributed by atoms with Gasteiger partial charge in [-0.15, -0.1) is 0 Å². The van der Waals surface area contributed by atoms with E-state index in [0.717, 1.165) is 12.5 Å². The van der Waals surface area contributed by atoms with Gasteiger partial charge < -0.3 is 10.6 Å². The Hall–Kier alpha value is -0.570. The van der Waals surface area contributed by atoms with Crippen molar-refractivity contribution >= 4 is 5.91 Å². The molecule has 1 amide bonds. The summed E-state index contributed by atoms with van der Waals surface area (Å²) in [5.74, 6) is 1.13. The second kappa shape index (κ2) is 3.48. The molecule has 0 atom stereocenters. The van der Waals surface area contributed by atoms with Crippen LogP contribution in [0.4, 0.5) is 0 Å². The Balaban J connectivity index is 1.35. The highest BCUT2D eigenvalue weighted by Crippen LogP contribution is 2.60. The van der Waals surface area contributed by atoms with Gasteiger partial charge in [0.15, 0.2) is 0 Å². The highest BCUT2D eigenvalue weighted by Gasteiger charge is 2.53. The molecule has 3 nitrogen and oxygen atoms in total. The number of hydrogen-bond acceptors (Lipinski definition) is 2. The summed E-state index contributed by atoms with van der Waals surface area (Å²) in [6.07, 6.45) is 7.98. The molecule has 0 bridgehead atoms. The lowest BCUT2D eigenvalue weighted by molar-refractivity contribution is -0.120. The van der Waals surface area contributed by atoms with E-state index in [9.17, 15) is 4.79 Å². The number of amides is 1. The van der Waals surface area contributed by atoms with E-state index in [2.05, 4.69) is 10.6 Å². The van der Waals surface area contributed by atoms with Gasteiger partial charge in [-0.1, -0.05) is 0 Å². The summed E-state index contributed by atoms with van der Waals surface area (Å²) in [6, 6.07) is 0.633. The molecule has 3 aliphatic carbocycles. The number of carbonyl (C=O) groups excluding carboxylic acids is 1. The third kappa shape index (κ3) is 2.33. The summed E-state index contributed by atoms with van der Waals surface area (Å²) in [5.41, 5.74) is 0.537. The van der Waals surface area contributed by atoms with Gasteiger partial charge in [0.1, 0.15) is 0 Å². The lowest BCUT2D eigenvalue weighted by Gasteiger charge is -2.15. The quantitative estimate of drug-likeness (QED) is 0.685. The van der Waals surface area contributed by atoms with E-state index in [1.165, 1.54) is 38.5 Å². The highest BCUT2D eigenvalue weighted by atomic mass is 16.1. The van der Waals surface area contributed by atoms with Crippen LogP contribution in [0.15, 0.2) is 0 Å². The van der Waals surface area contributed by atoms with Crippen molar-refractivity contribution in [1.82, 2.24) is 10.6 Å². The van der Waals surface area contributed by atoms with E-state index in [1.54, 1.807) is 0 Å². The Labute approximate surface area is 91.0 Å². The van der Waals surface area contributed by atoms with Crippen molar-refractivity contribution in [3.8, 4) is 0 Å². The largest absolute Gasteiger partial charge is 0.354 e. The Morgan fingerprint density at radius 1 is 1.20 bits per heavy atom. The fourth-order valence-electron chi connectivity index (χ4n) is 2.45. The van der Waals surface area contributed by atoms with Crippen molar-refractivity contribution in [2.75, 3.05) is 13.1 Å². The van der Waals surface area contributed by atoms with E-state index < -0.39 is 0 Å². The van der Waals surface area contributed by atoms with Crippen LogP contribution >= 0.6 is 0 Å². The minimum Gasteiger partial charge on any atom is -0.354 e. The van der Waals surface area contributed by atoms with Crippen LogP contribution < -0.4 is 10.6 Å². The molecule has 3 aliphatic rings. The minimum absolute atomic E-state index is 0.189. The van der Waals surface area contributed by atoms with E-state index in [0.29, 0.717) is 18.0 Å². The van der Waals surface area contributed by atoms with Gasteiger partial charge in [-0.2, -0.15) is 0 Å². The molecular weight excluding hydrogens is 188 g/mol. The molecule has 2 N–H and O–H groups in total. The molecule has 15 heavy (non-hydrogen) atoms. The molecule has 84 valence electrons. The average Bonchev–Trinajstić information content (AvgIpc) is 3.11. The fourth-order valence-corrected chi connectivity index (χ4v) is 2.45. The van der Waals surface area contributed by atoms with Crippen LogP contribution in [-0.2, 0) is 4.79 Å². The zero-order valence-electron chi connectivity index (χ0n) is 9.22. The van der Waals surface area contributed by atoms with Crippen molar-refractivity contribution in [2.45, 2.75) is 44.6 Å². The third-order valence-corrected chi connectivity index (χ3v) is 4.10. The van der Waals surface area contributed by atoms with Crippen molar-refractivity contribution in [1.29, 1.82) is 0 Å². The van der Waals surface area contributed by atoms with Crippen molar-refractivity contribution < 1.29 is 4.79 Å². The van der Waals surface area contributed by atoms with Crippen LogP contribution in [0.2, 0.25) is 0 Å². The first kappa shape index (κ1) is 9.64. The number of carbonyl (C=O) groups is 1. The third-order valence-electron chi connectivity index (χ3n) is 4.10. The molecule has 3 heteroatoms. The van der Waals surface area contributed by atoms with E-state index in [4.69, 9.17) is 0 Å². The summed E-state index contributed by atoms with van der Waals surface area (Å²) in [4.78, 5) is 11.5. The maximum atomic E-state index is 11.5. The van der Waals surface area contributed by atoms with Gasteiger partial charge in [-0.05, 0) is 49.9 Å². The molecule has 0 heterocycles. The van der Waals surface area contributed by atoms with Crippen LogP contribution in [0.5, 0.6) is 0 Å². The molecule has 0 spiro atoms. The van der Waals surface area contributed by atoms with Crippen LogP contribution in [0.1, 0.15) is 38.5 Å². The van der Waals surface area contributed by atoms with Gasteiger partial charge in [0.05, 0.1) is 6.54 Å². The molecule has 0 aromatic rings. The zero-order chi connectivity index (χ0) is 10.3. The average molecular weight is 208 g/mol. The number of nitrogens with one attached hydrogen (secondary N) is 2. The van der Waals surface area contributed by atoms with Gasteiger partial charge in [0.2, 0.25) is 5.91 Å². The Bertz CT molecular complexity index is 265. The summed E-state index contributed by atoms with van der Waals surface area (Å²) in [7, 11) is 0. The predicted molar refractivity (Wildman–Crippen MR) is 58.4 cm³/mol. The first-order chi connectivity index (χ1) is 7.28. The van der Waals surface area contributed by atoms with E-state index >= 15 is 0 Å².